The summed E-state index contributed by atoms with van der Waals surface area (Å²) in [5.74, 6) is 1.62. The molecule has 0 aliphatic carbocycles. The summed E-state index contributed by atoms with van der Waals surface area (Å²) in [7, 11) is 1.86. The van der Waals surface area contributed by atoms with Crippen molar-refractivity contribution in [3.8, 4) is 5.75 Å². The maximum Gasteiger partial charge on any atom is 0.242 e. The fourth-order valence-corrected chi connectivity index (χ4v) is 3.59. The van der Waals surface area contributed by atoms with E-state index in [0.29, 0.717) is 6.61 Å². The minimum absolute atomic E-state index is 0.0820. The molecule has 1 heterocycles. The highest BCUT2D eigenvalue weighted by Crippen LogP contribution is 2.22. The highest BCUT2D eigenvalue weighted by atomic mass is 16.5. The fraction of sp³-hybridized carbons (Fsp3) is 0.280. The number of likely N-dealkylation sites (N-methyl/N-ethyl adjacent to an activating group) is 1. The van der Waals surface area contributed by atoms with E-state index in [1.807, 2.05) is 60.1 Å². The summed E-state index contributed by atoms with van der Waals surface area (Å²) in [6.07, 6.45) is 2.07. The molecule has 0 aliphatic heterocycles. The quantitative estimate of drug-likeness (QED) is 0.416. The van der Waals surface area contributed by atoms with Crippen molar-refractivity contribution in [2.24, 2.45) is 0 Å². The number of carbonyl (C=O) groups is 1. The standard InChI is InChI=1S/C25H27N3O2/c1-3-4-15-27(2)25(29)17-28-23-12-8-7-11-22(23)26-24(28)18-30-21-14-13-19-9-5-6-10-20(19)16-21/h5-14,16H,3-4,15,17-18H2,1-2H3. The number of amides is 1. The van der Waals surface area contributed by atoms with Gasteiger partial charge in [0.05, 0.1) is 11.0 Å². The molecule has 0 fully saturated rings. The van der Waals surface area contributed by atoms with Gasteiger partial charge in [0, 0.05) is 13.6 Å². The van der Waals surface area contributed by atoms with Crippen molar-refractivity contribution in [2.75, 3.05) is 13.6 Å². The van der Waals surface area contributed by atoms with E-state index in [1.165, 1.54) is 5.39 Å². The highest BCUT2D eigenvalue weighted by molar-refractivity contribution is 5.84. The first-order valence-corrected chi connectivity index (χ1v) is 10.5. The van der Waals surface area contributed by atoms with Crippen LogP contribution in [-0.2, 0) is 17.9 Å². The zero-order valence-corrected chi connectivity index (χ0v) is 17.5. The van der Waals surface area contributed by atoms with Gasteiger partial charge in [-0.05, 0) is 41.5 Å². The average Bonchev–Trinajstić information content (AvgIpc) is 3.13. The van der Waals surface area contributed by atoms with Gasteiger partial charge >= 0.3 is 0 Å². The maximum atomic E-state index is 12.8. The zero-order chi connectivity index (χ0) is 20.9. The van der Waals surface area contributed by atoms with E-state index in [0.717, 1.165) is 47.4 Å². The molecule has 1 aromatic heterocycles. The Hall–Kier alpha value is -3.34. The van der Waals surface area contributed by atoms with E-state index in [1.54, 1.807) is 4.90 Å². The molecule has 0 radical (unpaired) electrons. The van der Waals surface area contributed by atoms with Crippen molar-refractivity contribution >= 4 is 27.7 Å². The molecule has 0 bridgehead atoms. The second kappa shape index (κ2) is 8.99. The average molecular weight is 402 g/mol. The van der Waals surface area contributed by atoms with Gasteiger partial charge in [-0.25, -0.2) is 4.98 Å². The van der Waals surface area contributed by atoms with Crippen molar-refractivity contribution in [1.29, 1.82) is 0 Å². The number of nitrogens with zero attached hydrogens (tertiary/aromatic N) is 3. The van der Waals surface area contributed by atoms with Crippen LogP contribution in [0.4, 0.5) is 0 Å². The maximum absolute atomic E-state index is 12.8. The number of carbonyl (C=O) groups excluding carboxylic acids is 1. The first kappa shape index (κ1) is 20.0. The minimum atomic E-state index is 0.0820. The highest BCUT2D eigenvalue weighted by Gasteiger charge is 2.16. The monoisotopic (exact) mass is 401 g/mol. The Morgan fingerprint density at radius 2 is 1.80 bits per heavy atom. The Morgan fingerprint density at radius 3 is 2.63 bits per heavy atom. The zero-order valence-electron chi connectivity index (χ0n) is 17.5. The number of rotatable bonds is 8. The van der Waals surface area contributed by atoms with Crippen LogP contribution >= 0.6 is 0 Å². The molecule has 5 heteroatoms. The van der Waals surface area contributed by atoms with E-state index in [4.69, 9.17) is 9.72 Å². The minimum Gasteiger partial charge on any atom is -0.486 e. The Kier molecular flexibility index (Phi) is 5.98. The van der Waals surface area contributed by atoms with Crippen molar-refractivity contribution in [2.45, 2.75) is 32.9 Å². The second-order valence-electron chi connectivity index (χ2n) is 7.57. The summed E-state index contributed by atoms with van der Waals surface area (Å²) in [6.45, 7) is 3.46. The third-order valence-electron chi connectivity index (χ3n) is 5.39. The first-order valence-electron chi connectivity index (χ1n) is 10.5. The number of para-hydroxylation sites is 2. The van der Waals surface area contributed by atoms with E-state index >= 15 is 0 Å². The molecule has 0 atom stereocenters. The van der Waals surface area contributed by atoms with Crippen LogP contribution in [-0.4, -0.2) is 34.0 Å². The molecule has 0 N–H and O–H groups in total. The number of hydrogen-bond donors (Lipinski definition) is 0. The second-order valence-corrected chi connectivity index (χ2v) is 7.57. The third-order valence-corrected chi connectivity index (χ3v) is 5.39. The molecule has 30 heavy (non-hydrogen) atoms. The molecule has 0 saturated carbocycles. The number of ether oxygens (including phenoxy) is 1. The Morgan fingerprint density at radius 1 is 1.03 bits per heavy atom. The molecule has 0 aliphatic rings. The molecule has 3 aromatic carbocycles. The number of imidazole rings is 1. The number of unbranched alkanes of at least 4 members (excludes halogenated alkanes) is 1. The van der Waals surface area contributed by atoms with Gasteiger partial charge in [0.25, 0.3) is 0 Å². The lowest BCUT2D eigenvalue weighted by atomic mass is 10.1. The van der Waals surface area contributed by atoms with Gasteiger partial charge in [0.15, 0.2) is 0 Å². The van der Waals surface area contributed by atoms with Crippen LogP contribution in [0.3, 0.4) is 0 Å². The predicted molar refractivity (Wildman–Crippen MR) is 121 cm³/mol. The van der Waals surface area contributed by atoms with Gasteiger partial charge in [0.2, 0.25) is 5.91 Å². The van der Waals surface area contributed by atoms with Crippen LogP contribution < -0.4 is 4.74 Å². The van der Waals surface area contributed by atoms with E-state index < -0.39 is 0 Å². The number of aromatic nitrogens is 2. The lowest BCUT2D eigenvalue weighted by Crippen LogP contribution is -2.31. The molecular formula is C25H27N3O2. The van der Waals surface area contributed by atoms with E-state index in [-0.39, 0.29) is 12.5 Å². The first-order chi connectivity index (χ1) is 14.7. The van der Waals surface area contributed by atoms with Gasteiger partial charge in [-0.15, -0.1) is 0 Å². The number of fused-ring (bicyclic) bond motifs is 2. The molecule has 4 rings (SSSR count). The van der Waals surface area contributed by atoms with Crippen LogP contribution in [0.25, 0.3) is 21.8 Å². The Bertz CT molecular complexity index is 1170. The summed E-state index contributed by atoms with van der Waals surface area (Å²) >= 11 is 0. The largest absolute Gasteiger partial charge is 0.486 e. The summed E-state index contributed by atoms with van der Waals surface area (Å²) in [5, 5.41) is 2.31. The van der Waals surface area contributed by atoms with E-state index in [9.17, 15) is 4.79 Å². The van der Waals surface area contributed by atoms with Crippen LogP contribution in [0.15, 0.2) is 66.7 Å². The van der Waals surface area contributed by atoms with Crippen LogP contribution in [0.1, 0.15) is 25.6 Å². The van der Waals surface area contributed by atoms with Crippen LogP contribution in [0, 0.1) is 0 Å². The molecular weight excluding hydrogens is 374 g/mol. The Labute approximate surface area is 176 Å². The van der Waals surface area contributed by atoms with Crippen molar-refractivity contribution < 1.29 is 9.53 Å². The molecule has 1 amide bonds. The summed E-state index contributed by atoms with van der Waals surface area (Å²) in [6, 6.07) is 22.2. The molecule has 4 aromatic rings. The summed E-state index contributed by atoms with van der Waals surface area (Å²) in [4.78, 5) is 19.3. The summed E-state index contributed by atoms with van der Waals surface area (Å²) < 4.78 is 8.04. The molecule has 0 saturated heterocycles. The smallest absolute Gasteiger partial charge is 0.242 e. The van der Waals surface area contributed by atoms with Crippen molar-refractivity contribution in [1.82, 2.24) is 14.5 Å². The summed E-state index contributed by atoms with van der Waals surface area (Å²) in [5.41, 5.74) is 1.82. The van der Waals surface area contributed by atoms with Gasteiger partial charge < -0.3 is 14.2 Å². The van der Waals surface area contributed by atoms with Gasteiger partial charge in [-0.3, -0.25) is 4.79 Å². The van der Waals surface area contributed by atoms with Gasteiger partial charge in [-0.2, -0.15) is 0 Å². The molecule has 0 unspecified atom stereocenters. The van der Waals surface area contributed by atoms with Crippen LogP contribution in [0.2, 0.25) is 0 Å². The van der Waals surface area contributed by atoms with Gasteiger partial charge in [-0.1, -0.05) is 55.8 Å². The topological polar surface area (TPSA) is 47.4 Å². The predicted octanol–water partition coefficient (Wildman–Crippen LogP) is 5.03. The lowest BCUT2D eigenvalue weighted by Gasteiger charge is -2.18. The number of benzene rings is 3. The normalized spacial score (nSPS) is 11.1. The third kappa shape index (κ3) is 4.30. The van der Waals surface area contributed by atoms with E-state index in [2.05, 4.69) is 25.1 Å². The number of hydrogen-bond acceptors (Lipinski definition) is 3. The van der Waals surface area contributed by atoms with Crippen molar-refractivity contribution in [3.63, 3.8) is 0 Å². The van der Waals surface area contributed by atoms with Crippen molar-refractivity contribution in [3.05, 3.63) is 72.6 Å². The lowest BCUT2D eigenvalue weighted by molar-refractivity contribution is -0.130. The molecule has 5 nitrogen and oxygen atoms in total. The molecule has 0 spiro atoms. The Balaban J connectivity index is 1.56. The van der Waals surface area contributed by atoms with Crippen LogP contribution in [0.5, 0.6) is 5.75 Å². The fourth-order valence-electron chi connectivity index (χ4n) is 3.59. The van der Waals surface area contributed by atoms with Gasteiger partial charge in [0.1, 0.15) is 24.7 Å². The molecule has 154 valence electrons. The SMILES string of the molecule is CCCCN(C)C(=O)Cn1c(COc2ccc3ccccc3c2)nc2ccccc21.